The first-order valence-electron chi connectivity index (χ1n) is 12.2. The number of aryl methyl sites for hydroxylation is 1. The molecule has 4 rings (SSSR count). The monoisotopic (exact) mass is 495 g/mol. The van der Waals surface area contributed by atoms with E-state index in [1.165, 1.54) is 4.31 Å². The van der Waals surface area contributed by atoms with E-state index in [4.69, 9.17) is 0 Å². The Morgan fingerprint density at radius 1 is 0.886 bits per heavy atom. The summed E-state index contributed by atoms with van der Waals surface area (Å²) in [6, 6.07) is 16.6. The summed E-state index contributed by atoms with van der Waals surface area (Å²) in [6.07, 6.45) is 5.87. The lowest BCUT2D eigenvalue weighted by Gasteiger charge is -2.34. The number of carbonyl (C=O) groups excluding carboxylic acids is 2. The van der Waals surface area contributed by atoms with E-state index in [1.54, 1.807) is 35.2 Å². The molecule has 0 atom stereocenters. The van der Waals surface area contributed by atoms with E-state index in [-0.39, 0.29) is 23.8 Å². The summed E-state index contributed by atoms with van der Waals surface area (Å²) >= 11 is 0. The maximum absolute atomic E-state index is 12.9. The summed E-state index contributed by atoms with van der Waals surface area (Å²) in [6.45, 7) is 3.83. The summed E-state index contributed by atoms with van der Waals surface area (Å²) in [7, 11) is -3.51. The Hall–Kier alpha value is -2.97. The van der Waals surface area contributed by atoms with Gasteiger partial charge in [-0.3, -0.25) is 9.59 Å². The van der Waals surface area contributed by atoms with Gasteiger partial charge in [-0.25, -0.2) is 8.42 Å². The molecule has 186 valence electrons. The SMILES string of the molecule is Cc1ccc(S(=O)(=O)N2CCC(NC(=O)C3CCN(C(=O)/C=C/c4ccccc4)CC3)CC2)cc1. The van der Waals surface area contributed by atoms with Crippen LogP contribution in [0.2, 0.25) is 0 Å². The van der Waals surface area contributed by atoms with Crippen molar-refractivity contribution in [3.05, 3.63) is 71.8 Å². The Bertz CT molecular complexity index is 1150. The number of carbonyl (C=O) groups is 2. The summed E-state index contributed by atoms with van der Waals surface area (Å²) in [5.41, 5.74) is 2.00. The minimum atomic E-state index is -3.51. The van der Waals surface area contributed by atoms with Crippen molar-refractivity contribution in [2.45, 2.75) is 43.5 Å². The van der Waals surface area contributed by atoms with Crippen molar-refractivity contribution in [3.63, 3.8) is 0 Å². The van der Waals surface area contributed by atoms with Crippen LogP contribution in [0, 0.1) is 12.8 Å². The van der Waals surface area contributed by atoms with E-state index in [2.05, 4.69) is 5.32 Å². The third kappa shape index (κ3) is 6.38. The molecule has 0 aromatic heterocycles. The maximum Gasteiger partial charge on any atom is 0.246 e. The molecule has 2 saturated heterocycles. The van der Waals surface area contributed by atoms with Gasteiger partial charge in [0.25, 0.3) is 0 Å². The minimum Gasteiger partial charge on any atom is -0.353 e. The highest BCUT2D eigenvalue weighted by Crippen LogP contribution is 2.23. The number of nitrogens with zero attached hydrogens (tertiary/aromatic N) is 2. The van der Waals surface area contributed by atoms with Gasteiger partial charge < -0.3 is 10.2 Å². The molecule has 2 aromatic carbocycles. The molecular weight excluding hydrogens is 462 g/mol. The van der Waals surface area contributed by atoms with Crippen LogP contribution >= 0.6 is 0 Å². The number of likely N-dealkylation sites (tertiary alicyclic amines) is 1. The number of hydrogen-bond donors (Lipinski definition) is 1. The summed E-state index contributed by atoms with van der Waals surface area (Å²) in [5.74, 6) is -0.141. The highest BCUT2D eigenvalue weighted by Gasteiger charge is 2.32. The normalized spacial score (nSPS) is 18.6. The van der Waals surface area contributed by atoms with Gasteiger partial charge >= 0.3 is 0 Å². The van der Waals surface area contributed by atoms with Crippen LogP contribution < -0.4 is 5.32 Å². The van der Waals surface area contributed by atoms with E-state index in [1.807, 2.05) is 43.3 Å². The molecule has 2 amide bonds. The van der Waals surface area contributed by atoms with Crippen LogP contribution in [-0.4, -0.2) is 61.7 Å². The highest BCUT2D eigenvalue weighted by molar-refractivity contribution is 7.89. The highest BCUT2D eigenvalue weighted by atomic mass is 32.2. The Morgan fingerprint density at radius 3 is 2.14 bits per heavy atom. The standard InChI is InChI=1S/C27H33N3O4S/c1-21-7-10-25(11-8-21)35(33,34)30-19-15-24(16-20-30)28-27(32)23-13-17-29(18-14-23)26(31)12-9-22-5-3-2-4-6-22/h2-12,23-24H,13-20H2,1H3,(H,28,32)/b12-9+. The fourth-order valence-corrected chi connectivity index (χ4v) is 6.09. The van der Waals surface area contributed by atoms with Gasteiger partial charge in [0.1, 0.15) is 0 Å². The van der Waals surface area contributed by atoms with Crippen molar-refractivity contribution < 1.29 is 18.0 Å². The molecular formula is C27H33N3O4S. The van der Waals surface area contributed by atoms with Gasteiger partial charge in [0.05, 0.1) is 4.90 Å². The fraction of sp³-hybridized carbons (Fsp3) is 0.407. The van der Waals surface area contributed by atoms with Crippen molar-refractivity contribution in [1.29, 1.82) is 0 Å². The average molecular weight is 496 g/mol. The lowest BCUT2D eigenvalue weighted by Crippen LogP contribution is -2.49. The van der Waals surface area contributed by atoms with Crippen LogP contribution in [0.15, 0.2) is 65.6 Å². The largest absolute Gasteiger partial charge is 0.353 e. The van der Waals surface area contributed by atoms with E-state index < -0.39 is 10.0 Å². The third-order valence-corrected chi connectivity index (χ3v) is 8.77. The number of rotatable bonds is 6. The first-order chi connectivity index (χ1) is 16.8. The van der Waals surface area contributed by atoms with Crippen molar-refractivity contribution in [2.75, 3.05) is 26.2 Å². The van der Waals surface area contributed by atoms with E-state index in [0.29, 0.717) is 56.8 Å². The topological polar surface area (TPSA) is 86.8 Å². The van der Waals surface area contributed by atoms with Gasteiger partial charge in [-0.15, -0.1) is 0 Å². The second-order valence-electron chi connectivity index (χ2n) is 9.34. The molecule has 0 aliphatic carbocycles. The molecule has 0 radical (unpaired) electrons. The Kier molecular flexibility index (Phi) is 8.03. The molecule has 0 bridgehead atoms. The molecule has 0 spiro atoms. The quantitative estimate of drug-likeness (QED) is 0.624. The molecule has 2 fully saturated rings. The van der Waals surface area contributed by atoms with Crippen LogP contribution in [0.5, 0.6) is 0 Å². The second kappa shape index (κ2) is 11.2. The van der Waals surface area contributed by atoms with Crippen molar-refractivity contribution in [2.24, 2.45) is 5.92 Å². The maximum atomic E-state index is 12.9. The van der Waals surface area contributed by atoms with Gasteiger partial charge in [-0.05, 0) is 56.4 Å². The van der Waals surface area contributed by atoms with Gasteiger partial charge in [0.2, 0.25) is 21.8 Å². The van der Waals surface area contributed by atoms with Crippen LogP contribution in [-0.2, 0) is 19.6 Å². The number of nitrogens with one attached hydrogen (secondary N) is 1. The first kappa shape index (κ1) is 25.1. The fourth-order valence-electron chi connectivity index (χ4n) is 4.62. The zero-order valence-corrected chi connectivity index (χ0v) is 20.9. The van der Waals surface area contributed by atoms with Crippen LogP contribution in [0.1, 0.15) is 36.8 Å². The molecule has 8 heteroatoms. The van der Waals surface area contributed by atoms with Crippen molar-refractivity contribution in [1.82, 2.24) is 14.5 Å². The van der Waals surface area contributed by atoms with E-state index in [9.17, 15) is 18.0 Å². The van der Waals surface area contributed by atoms with Gasteiger partial charge in [-0.1, -0.05) is 48.0 Å². The van der Waals surface area contributed by atoms with Crippen LogP contribution in [0.25, 0.3) is 6.08 Å². The number of piperidine rings is 2. The second-order valence-corrected chi connectivity index (χ2v) is 11.3. The molecule has 0 saturated carbocycles. The summed E-state index contributed by atoms with van der Waals surface area (Å²) in [4.78, 5) is 27.4. The number of benzene rings is 2. The molecule has 2 heterocycles. The Balaban J connectivity index is 1.21. The molecule has 1 N–H and O–H groups in total. The van der Waals surface area contributed by atoms with Crippen molar-refractivity contribution in [3.8, 4) is 0 Å². The van der Waals surface area contributed by atoms with E-state index in [0.717, 1.165) is 11.1 Å². The number of hydrogen-bond acceptors (Lipinski definition) is 4. The summed E-state index contributed by atoms with van der Waals surface area (Å²) < 4.78 is 27.3. The Morgan fingerprint density at radius 2 is 1.51 bits per heavy atom. The Labute approximate surface area is 207 Å². The van der Waals surface area contributed by atoms with Gasteiger partial charge in [0, 0.05) is 44.2 Å². The lowest BCUT2D eigenvalue weighted by molar-refractivity contribution is -0.132. The molecule has 2 aliphatic heterocycles. The zero-order valence-electron chi connectivity index (χ0n) is 20.1. The molecule has 35 heavy (non-hydrogen) atoms. The predicted molar refractivity (Wildman–Crippen MR) is 136 cm³/mol. The van der Waals surface area contributed by atoms with Crippen LogP contribution in [0.3, 0.4) is 0 Å². The van der Waals surface area contributed by atoms with Crippen LogP contribution in [0.4, 0.5) is 0 Å². The predicted octanol–water partition coefficient (Wildman–Crippen LogP) is 3.22. The average Bonchev–Trinajstić information content (AvgIpc) is 2.88. The van der Waals surface area contributed by atoms with Gasteiger partial charge in [0.15, 0.2) is 0 Å². The molecule has 0 unspecified atom stereocenters. The summed E-state index contributed by atoms with van der Waals surface area (Å²) in [5, 5.41) is 3.12. The molecule has 2 aliphatic rings. The zero-order chi connectivity index (χ0) is 24.8. The number of sulfonamides is 1. The minimum absolute atomic E-state index is 0.0109. The van der Waals surface area contributed by atoms with Gasteiger partial charge in [-0.2, -0.15) is 4.31 Å². The lowest BCUT2D eigenvalue weighted by atomic mass is 9.94. The first-order valence-corrected chi connectivity index (χ1v) is 13.7. The third-order valence-electron chi connectivity index (χ3n) is 6.85. The smallest absolute Gasteiger partial charge is 0.246 e. The molecule has 7 nitrogen and oxygen atoms in total. The van der Waals surface area contributed by atoms with E-state index >= 15 is 0 Å². The molecule has 2 aromatic rings. The number of amides is 2. The van der Waals surface area contributed by atoms with Crippen molar-refractivity contribution >= 4 is 27.9 Å².